The first-order valence-electron chi connectivity index (χ1n) is 11.7. The molecule has 2 fully saturated rings. The molecular formula is C23H39N5O3. The summed E-state index contributed by atoms with van der Waals surface area (Å²) in [6.45, 7) is 12.5. The molecular weight excluding hydrogens is 394 g/mol. The Morgan fingerprint density at radius 1 is 1.19 bits per heavy atom. The highest BCUT2D eigenvalue weighted by Crippen LogP contribution is 2.20. The molecule has 8 heteroatoms. The molecule has 0 aromatic carbocycles. The number of rotatable bonds is 8. The average molecular weight is 434 g/mol. The molecule has 8 nitrogen and oxygen atoms in total. The molecule has 0 N–H and O–H groups in total. The van der Waals surface area contributed by atoms with Crippen LogP contribution in [-0.2, 0) is 27.8 Å². The van der Waals surface area contributed by atoms with Gasteiger partial charge in [0, 0.05) is 71.4 Å². The Morgan fingerprint density at radius 3 is 2.58 bits per heavy atom. The van der Waals surface area contributed by atoms with Gasteiger partial charge < -0.3 is 14.5 Å². The van der Waals surface area contributed by atoms with Gasteiger partial charge in [-0.15, -0.1) is 0 Å². The highest BCUT2D eigenvalue weighted by molar-refractivity contribution is 5.77. The summed E-state index contributed by atoms with van der Waals surface area (Å²) in [7, 11) is 1.94. The van der Waals surface area contributed by atoms with Crippen LogP contribution < -0.4 is 0 Å². The van der Waals surface area contributed by atoms with Crippen molar-refractivity contribution >= 4 is 11.8 Å². The molecule has 0 saturated carbocycles. The molecule has 174 valence electrons. The van der Waals surface area contributed by atoms with Crippen LogP contribution in [0.25, 0.3) is 0 Å². The maximum absolute atomic E-state index is 12.9. The minimum Gasteiger partial charge on any atom is -0.379 e. The van der Waals surface area contributed by atoms with Gasteiger partial charge in [0.2, 0.25) is 11.8 Å². The molecule has 1 atom stereocenters. The van der Waals surface area contributed by atoms with Crippen molar-refractivity contribution in [3.63, 3.8) is 0 Å². The van der Waals surface area contributed by atoms with E-state index in [1.165, 1.54) is 5.56 Å². The summed E-state index contributed by atoms with van der Waals surface area (Å²) in [5.41, 5.74) is 3.31. The largest absolute Gasteiger partial charge is 0.379 e. The van der Waals surface area contributed by atoms with Crippen LogP contribution >= 0.6 is 0 Å². The van der Waals surface area contributed by atoms with Crippen LogP contribution in [0, 0.1) is 13.8 Å². The molecule has 0 bridgehead atoms. The number of likely N-dealkylation sites (tertiary alicyclic amines) is 1. The van der Waals surface area contributed by atoms with E-state index in [-0.39, 0.29) is 17.9 Å². The topological polar surface area (TPSA) is 70.9 Å². The van der Waals surface area contributed by atoms with Gasteiger partial charge >= 0.3 is 0 Å². The second-order valence-corrected chi connectivity index (χ2v) is 8.93. The lowest BCUT2D eigenvalue weighted by Crippen LogP contribution is -2.52. The third-order valence-corrected chi connectivity index (χ3v) is 6.82. The number of hydrogen-bond donors (Lipinski definition) is 0. The number of carbonyl (C=O) groups excluding carboxylic acids is 2. The predicted molar refractivity (Wildman–Crippen MR) is 120 cm³/mol. The van der Waals surface area contributed by atoms with E-state index in [2.05, 4.69) is 16.9 Å². The van der Waals surface area contributed by atoms with Crippen LogP contribution in [0.3, 0.4) is 0 Å². The first kappa shape index (κ1) is 23.7. The van der Waals surface area contributed by atoms with Gasteiger partial charge in [-0.3, -0.25) is 19.2 Å². The summed E-state index contributed by atoms with van der Waals surface area (Å²) in [6, 6.07) is 0.127. The van der Waals surface area contributed by atoms with Crippen LogP contribution in [-0.4, -0.2) is 94.8 Å². The van der Waals surface area contributed by atoms with Crippen molar-refractivity contribution in [1.29, 1.82) is 0 Å². The fraction of sp³-hybridized carbons (Fsp3) is 0.783. The zero-order valence-corrected chi connectivity index (χ0v) is 19.7. The van der Waals surface area contributed by atoms with E-state index >= 15 is 0 Å². The lowest BCUT2D eigenvalue weighted by molar-refractivity contribution is -0.138. The first-order valence-corrected chi connectivity index (χ1v) is 11.7. The Kier molecular flexibility index (Phi) is 8.49. The molecule has 2 aliphatic heterocycles. The molecule has 1 aromatic rings. The molecule has 2 amide bonds. The number of piperidine rings is 1. The van der Waals surface area contributed by atoms with E-state index in [1.807, 2.05) is 28.5 Å². The molecule has 1 aromatic heterocycles. The summed E-state index contributed by atoms with van der Waals surface area (Å²) in [6.07, 6.45) is 4.11. The molecule has 3 heterocycles. The van der Waals surface area contributed by atoms with Crippen molar-refractivity contribution in [3.05, 3.63) is 17.0 Å². The third kappa shape index (κ3) is 6.29. The summed E-state index contributed by atoms with van der Waals surface area (Å²) in [5.74, 6) is 0.298. The Hall–Kier alpha value is -1.93. The number of ether oxygens (including phenoxy) is 1. The zero-order chi connectivity index (χ0) is 22.4. The maximum atomic E-state index is 12.9. The molecule has 1 unspecified atom stereocenters. The van der Waals surface area contributed by atoms with Gasteiger partial charge in [-0.1, -0.05) is 0 Å². The van der Waals surface area contributed by atoms with E-state index < -0.39 is 0 Å². The standard InChI is InChI=1S/C23H39N5O3/c1-18-22(19(2)25(4)24-18)8-9-23(30)27-11-5-7-21(17-27)28(20(3)29)12-6-10-26-13-15-31-16-14-26/h21H,5-17H2,1-4H3. The van der Waals surface area contributed by atoms with Crippen LogP contribution in [0.4, 0.5) is 0 Å². The van der Waals surface area contributed by atoms with Gasteiger partial charge in [0.25, 0.3) is 0 Å². The van der Waals surface area contributed by atoms with Gasteiger partial charge in [-0.25, -0.2) is 0 Å². The fourth-order valence-corrected chi connectivity index (χ4v) is 4.89. The van der Waals surface area contributed by atoms with Crippen molar-refractivity contribution in [3.8, 4) is 0 Å². The van der Waals surface area contributed by atoms with E-state index in [4.69, 9.17) is 4.74 Å². The van der Waals surface area contributed by atoms with Crippen molar-refractivity contribution in [1.82, 2.24) is 24.5 Å². The molecule has 31 heavy (non-hydrogen) atoms. The van der Waals surface area contributed by atoms with Crippen molar-refractivity contribution in [2.24, 2.45) is 7.05 Å². The second-order valence-electron chi connectivity index (χ2n) is 8.93. The minimum atomic E-state index is 0.114. The van der Waals surface area contributed by atoms with Gasteiger partial charge in [0.05, 0.1) is 18.9 Å². The smallest absolute Gasteiger partial charge is 0.222 e. The molecule has 0 aliphatic carbocycles. The quantitative estimate of drug-likeness (QED) is 0.622. The number of amides is 2. The molecule has 0 spiro atoms. The van der Waals surface area contributed by atoms with Gasteiger partial charge in [0.15, 0.2) is 0 Å². The first-order chi connectivity index (χ1) is 14.9. The van der Waals surface area contributed by atoms with E-state index in [1.54, 1.807) is 6.92 Å². The number of aryl methyl sites for hydroxylation is 2. The van der Waals surface area contributed by atoms with Gasteiger partial charge in [-0.05, 0) is 45.1 Å². The monoisotopic (exact) mass is 433 g/mol. The zero-order valence-electron chi connectivity index (χ0n) is 19.7. The van der Waals surface area contributed by atoms with Gasteiger partial charge in [0.1, 0.15) is 0 Å². The number of morpholine rings is 1. The van der Waals surface area contributed by atoms with Crippen molar-refractivity contribution in [2.45, 2.75) is 58.9 Å². The molecule has 0 radical (unpaired) electrons. The predicted octanol–water partition coefficient (Wildman–Crippen LogP) is 1.53. The summed E-state index contributed by atoms with van der Waals surface area (Å²) in [4.78, 5) is 31.7. The van der Waals surface area contributed by atoms with Crippen molar-refractivity contribution in [2.75, 3.05) is 52.5 Å². The van der Waals surface area contributed by atoms with Crippen LogP contribution in [0.1, 0.15) is 49.6 Å². The van der Waals surface area contributed by atoms with Crippen LogP contribution in [0.5, 0.6) is 0 Å². The number of nitrogens with zero attached hydrogens (tertiary/aromatic N) is 5. The maximum Gasteiger partial charge on any atom is 0.222 e. The summed E-state index contributed by atoms with van der Waals surface area (Å²) < 4.78 is 7.29. The highest BCUT2D eigenvalue weighted by atomic mass is 16.5. The van der Waals surface area contributed by atoms with Gasteiger partial charge in [-0.2, -0.15) is 5.10 Å². The SMILES string of the molecule is CC(=O)N(CCCN1CCOCC1)C1CCCN(C(=O)CCc2c(C)nn(C)c2C)C1. The third-order valence-electron chi connectivity index (χ3n) is 6.82. The normalized spacial score (nSPS) is 20.1. The van der Waals surface area contributed by atoms with Crippen LogP contribution in [0.15, 0.2) is 0 Å². The van der Waals surface area contributed by atoms with E-state index in [0.717, 1.165) is 83.0 Å². The van der Waals surface area contributed by atoms with Crippen LogP contribution in [0.2, 0.25) is 0 Å². The number of hydrogen-bond acceptors (Lipinski definition) is 5. The summed E-state index contributed by atoms with van der Waals surface area (Å²) in [5, 5.41) is 4.46. The molecule has 2 saturated heterocycles. The highest BCUT2D eigenvalue weighted by Gasteiger charge is 2.29. The lowest BCUT2D eigenvalue weighted by Gasteiger charge is -2.39. The Balaban J connectivity index is 1.50. The minimum absolute atomic E-state index is 0.114. The molecule has 3 rings (SSSR count). The summed E-state index contributed by atoms with van der Waals surface area (Å²) >= 11 is 0. The van der Waals surface area contributed by atoms with Crippen molar-refractivity contribution < 1.29 is 14.3 Å². The Bertz CT molecular complexity index is 757. The average Bonchev–Trinajstić information content (AvgIpc) is 3.01. The lowest BCUT2D eigenvalue weighted by atomic mass is 10.0. The Labute approximate surface area is 186 Å². The number of aromatic nitrogens is 2. The Morgan fingerprint density at radius 2 is 1.94 bits per heavy atom. The number of carbonyl (C=O) groups is 2. The van der Waals surface area contributed by atoms with E-state index in [0.29, 0.717) is 13.0 Å². The fourth-order valence-electron chi connectivity index (χ4n) is 4.89. The molecule has 2 aliphatic rings. The van der Waals surface area contributed by atoms with E-state index in [9.17, 15) is 9.59 Å². The second kappa shape index (κ2) is 11.1.